The number of unbranched alkanes of at least 4 members (excludes halogenated alkanes) is 5. The summed E-state index contributed by atoms with van der Waals surface area (Å²) >= 11 is 0. The van der Waals surface area contributed by atoms with E-state index < -0.39 is 0 Å². The Kier molecular flexibility index (Phi) is 9.00. The predicted molar refractivity (Wildman–Crippen MR) is 129 cm³/mol. The van der Waals surface area contributed by atoms with Crippen LogP contribution in [0.3, 0.4) is 0 Å². The Morgan fingerprint density at radius 1 is 0.774 bits per heavy atom. The van der Waals surface area contributed by atoms with Gasteiger partial charge in [0.05, 0.1) is 0 Å². The fourth-order valence-corrected chi connectivity index (χ4v) is 4.09. The molecule has 4 aromatic rings. The fraction of sp³-hybridized carbons (Fsp3) is 0.276. The summed E-state index contributed by atoms with van der Waals surface area (Å²) in [4.78, 5) is 4.66. The molecule has 0 N–H and O–H groups in total. The Morgan fingerprint density at radius 3 is 2.39 bits per heavy atom. The normalized spacial score (nSPS) is 10.7. The van der Waals surface area contributed by atoms with Gasteiger partial charge in [-0.1, -0.05) is 87.6 Å². The van der Waals surface area contributed by atoms with E-state index in [9.17, 15) is 0 Å². The largest absolute Gasteiger partial charge is 0.304 e. The van der Waals surface area contributed by atoms with Crippen LogP contribution in [0.2, 0.25) is 0 Å². The Hall–Kier alpha value is -2.28. The Balaban J connectivity index is 0.00000272. The number of pyridine rings is 1. The van der Waals surface area contributed by atoms with Gasteiger partial charge in [-0.3, -0.25) is 0 Å². The monoisotopic (exact) mass is 585 g/mol. The van der Waals surface area contributed by atoms with E-state index in [2.05, 4.69) is 84.7 Å². The van der Waals surface area contributed by atoms with Gasteiger partial charge in [-0.2, -0.15) is 0 Å². The van der Waals surface area contributed by atoms with E-state index in [0.717, 1.165) is 11.3 Å². The van der Waals surface area contributed by atoms with Crippen LogP contribution in [0.25, 0.3) is 33.2 Å². The number of hydrogen-bond acceptors (Lipinski definition) is 1. The molecule has 2 heteroatoms. The molecule has 0 aliphatic rings. The maximum Gasteiger partial charge on any atom is 0.0167 e. The molecule has 0 spiro atoms. The Morgan fingerprint density at radius 2 is 1.55 bits per heavy atom. The third-order valence-electron chi connectivity index (χ3n) is 5.84. The number of hydrogen-bond donors (Lipinski definition) is 0. The standard InChI is InChI=1S/C29H30N.Ir/c1-2-3-4-5-6-7-11-23-16-18-24(19-17-23)26-13-10-14-27(22-26)29-28-15-9-8-12-25(28)20-21-30-29;/h8-10,12-13,15-22H,2-7,11H2,1H3;/q-1;. The second-order valence-corrected chi connectivity index (χ2v) is 8.09. The summed E-state index contributed by atoms with van der Waals surface area (Å²) in [6.45, 7) is 2.27. The first-order valence-corrected chi connectivity index (χ1v) is 11.3. The van der Waals surface area contributed by atoms with Crippen LogP contribution in [-0.2, 0) is 26.5 Å². The van der Waals surface area contributed by atoms with E-state index in [1.165, 1.54) is 72.4 Å². The van der Waals surface area contributed by atoms with Crippen molar-refractivity contribution in [3.63, 3.8) is 0 Å². The molecule has 0 saturated carbocycles. The minimum atomic E-state index is 0. The number of rotatable bonds is 9. The van der Waals surface area contributed by atoms with Gasteiger partial charge < -0.3 is 4.98 Å². The maximum atomic E-state index is 4.66. The van der Waals surface area contributed by atoms with Crippen molar-refractivity contribution < 1.29 is 20.1 Å². The minimum Gasteiger partial charge on any atom is -0.304 e. The third kappa shape index (κ3) is 6.12. The topological polar surface area (TPSA) is 12.9 Å². The molecule has 0 unspecified atom stereocenters. The molecule has 1 radical (unpaired) electrons. The summed E-state index contributed by atoms with van der Waals surface area (Å²) in [6, 6.07) is 29.3. The predicted octanol–water partition coefficient (Wildman–Crippen LogP) is 8.27. The maximum absolute atomic E-state index is 4.66. The first kappa shape index (κ1) is 23.4. The molecule has 1 aromatic heterocycles. The van der Waals surface area contributed by atoms with Gasteiger partial charge in [-0.05, 0) is 46.5 Å². The number of aromatic nitrogens is 1. The van der Waals surface area contributed by atoms with Crippen molar-refractivity contribution in [1.29, 1.82) is 0 Å². The van der Waals surface area contributed by atoms with E-state index in [1.54, 1.807) is 0 Å². The molecule has 0 bridgehead atoms. The Bertz CT molecular complexity index is 1080. The van der Waals surface area contributed by atoms with Gasteiger partial charge >= 0.3 is 0 Å². The second kappa shape index (κ2) is 11.9. The number of fused-ring (bicyclic) bond motifs is 1. The molecule has 0 fully saturated rings. The van der Waals surface area contributed by atoms with Crippen molar-refractivity contribution in [2.75, 3.05) is 0 Å². The third-order valence-corrected chi connectivity index (χ3v) is 5.84. The smallest absolute Gasteiger partial charge is 0.0167 e. The van der Waals surface area contributed by atoms with E-state index in [1.807, 2.05) is 12.3 Å². The summed E-state index contributed by atoms with van der Waals surface area (Å²) in [5.74, 6) is 0. The van der Waals surface area contributed by atoms with Crippen LogP contribution in [0.4, 0.5) is 0 Å². The molecule has 1 heterocycles. The van der Waals surface area contributed by atoms with Crippen molar-refractivity contribution in [3.05, 3.63) is 90.6 Å². The van der Waals surface area contributed by atoms with Gasteiger partial charge in [-0.25, -0.2) is 0 Å². The SMILES string of the molecule is CCCCCCCCc1ccc(-c2cc[c-]c(-c3nccc4ccccc34)c2)cc1.[Ir]. The minimum absolute atomic E-state index is 0. The van der Waals surface area contributed by atoms with E-state index >= 15 is 0 Å². The zero-order valence-corrected chi connectivity index (χ0v) is 20.6. The number of nitrogens with zero attached hydrogens (tertiary/aromatic N) is 1. The van der Waals surface area contributed by atoms with Gasteiger partial charge in [0.2, 0.25) is 0 Å². The van der Waals surface area contributed by atoms with Crippen molar-refractivity contribution >= 4 is 10.8 Å². The van der Waals surface area contributed by atoms with Gasteiger partial charge in [-0.15, -0.1) is 35.4 Å². The average molecular weight is 585 g/mol. The van der Waals surface area contributed by atoms with Gasteiger partial charge in [0.25, 0.3) is 0 Å². The van der Waals surface area contributed by atoms with Crippen molar-refractivity contribution in [2.45, 2.75) is 51.9 Å². The molecule has 0 aliphatic heterocycles. The van der Waals surface area contributed by atoms with Gasteiger partial charge in [0, 0.05) is 26.3 Å². The van der Waals surface area contributed by atoms with Crippen molar-refractivity contribution in [3.8, 4) is 22.4 Å². The molecule has 31 heavy (non-hydrogen) atoms. The average Bonchev–Trinajstić information content (AvgIpc) is 2.81. The first-order chi connectivity index (χ1) is 14.8. The zero-order chi connectivity index (χ0) is 20.6. The number of aryl methyl sites for hydroxylation is 1. The fourth-order valence-electron chi connectivity index (χ4n) is 4.09. The Labute approximate surface area is 200 Å². The summed E-state index contributed by atoms with van der Waals surface area (Å²) in [6.07, 6.45) is 11.1. The molecule has 0 aliphatic carbocycles. The van der Waals surface area contributed by atoms with Crippen LogP contribution in [0.15, 0.2) is 79.0 Å². The van der Waals surface area contributed by atoms with Crippen LogP contribution in [0, 0.1) is 6.07 Å². The molecule has 1 nitrogen and oxygen atoms in total. The summed E-state index contributed by atoms with van der Waals surface area (Å²) < 4.78 is 0. The van der Waals surface area contributed by atoms with Crippen LogP contribution in [-0.4, -0.2) is 4.98 Å². The molecule has 0 saturated heterocycles. The van der Waals surface area contributed by atoms with Crippen LogP contribution in [0.1, 0.15) is 51.0 Å². The number of benzene rings is 3. The molecule has 161 valence electrons. The molecule has 0 atom stereocenters. The zero-order valence-electron chi connectivity index (χ0n) is 18.2. The van der Waals surface area contributed by atoms with Crippen LogP contribution in [0.5, 0.6) is 0 Å². The van der Waals surface area contributed by atoms with Crippen LogP contribution >= 0.6 is 0 Å². The van der Waals surface area contributed by atoms with E-state index in [-0.39, 0.29) is 20.1 Å². The first-order valence-electron chi connectivity index (χ1n) is 11.3. The molecular formula is C29H30IrN-. The molecular weight excluding hydrogens is 555 g/mol. The van der Waals surface area contributed by atoms with Gasteiger partial charge in [0.15, 0.2) is 0 Å². The van der Waals surface area contributed by atoms with E-state index in [4.69, 9.17) is 0 Å². The van der Waals surface area contributed by atoms with Gasteiger partial charge in [0.1, 0.15) is 0 Å². The van der Waals surface area contributed by atoms with Crippen molar-refractivity contribution in [2.24, 2.45) is 0 Å². The molecule has 3 aromatic carbocycles. The summed E-state index contributed by atoms with van der Waals surface area (Å²) in [5, 5.41) is 2.38. The quantitative estimate of drug-likeness (QED) is 0.143. The molecule has 0 amide bonds. The molecule has 4 rings (SSSR count). The second-order valence-electron chi connectivity index (χ2n) is 8.09. The summed E-state index contributed by atoms with van der Waals surface area (Å²) in [7, 11) is 0. The van der Waals surface area contributed by atoms with Crippen LogP contribution < -0.4 is 0 Å². The van der Waals surface area contributed by atoms with E-state index in [0.29, 0.717) is 0 Å². The van der Waals surface area contributed by atoms with Crippen molar-refractivity contribution in [1.82, 2.24) is 4.98 Å². The summed E-state index contributed by atoms with van der Waals surface area (Å²) in [5.41, 5.74) is 5.93.